The maximum absolute atomic E-state index is 12.7. The third-order valence-electron chi connectivity index (χ3n) is 1.17. The van der Waals surface area contributed by atoms with Gasteiger partial charge in [0.15, 0.2) is 0 Å². The summed E-state index contributed by atoms with van der Waals surface area (Å²) in [7, 11) is 0. The lowest BCUT2D eigenvalue weighted by molar-refractivity contribution is -0.339. The number of alkyl halides is 10. The van der Waals surface area contributed by atoms with Crippen molar-refractivity contribution in [2.75, 3.05) is 0 Å². The fourth-order valence-electron chi connectivity index (χ4n) is 0.482. The van der Waals surface area contributed by atoms with Crippen LogP contribution in [0.4, 0.5) is 30.7 Å². The average Bonchev–Trinajstić information content (AvgIpc) is 1.77. The SMILES string of the molecule is FC(F)(F)C(F)(C(F)(F)F)C(Cl)(Cl)Cl. The van der Waals surface area contributed by atoms with E-state index in [9.17, 15) is 30.7 Å². The zero-order chi connectivity index (χ0) is 12.0. The quantitative estimate of drug-likeness (QED) is 0.463. The Morgan fingerprint density at radius 2 is 0.786 bits per heavy atom. The van der Waals surface area contributed by atoms with Gasteiger partial charge in [-0.1, -0.05) is 34.8 Å². The molecule has 0 saturated heterocycles. The summed E-state index contributed by atoms with van der Waals surface area (Å²) >= 11 is 13.0. The smallest absolute Gasteiger partial charge is 0.219 e. The number of hydrogen-bond donors (Lipinski definition) is 0. The molecule has 0 atom stereocenters. The molecule has 0 nitrogen and oxygen atoms in total. The van der Waals surface area contributed by atoms with Crippen molar-refractivity contribution in [3.63, 3.8) is 0 Å². The molecule has 0 aliphatic rings. The lowest BCUT2D eigenvalue weighted by atomic mass is 10.1. The molecule has 0 aliphatic heterocycles. The molecule has 0 amide bonds. The van der Waals surface area contributed by atoms with E-state index < -0.39 is 21.8 Å². The van der Waals surface area contributed by atoms with Crippen molar-refractivity contribution < 1.29 is 30.7 Å². The van der Waals surface area contributed by atoms with E-state index in [0.717, 1.165) is 0 Å². The molecule has 0 aliphatic carbocycles. The van der Waals surface area contributed by atoms with Crippen LogP contribution in [0.1, 0.15) is 0 Å². The van der Waals surface area contributed by atoms with Crippen LogP contribution in [-0.4, -0.2) is 21.8 Å². The molecule has 0 spiro atoms. The zero-order valence-corrected chi connectivity index (χ0v) is 8.05. The summed E-state index contributed by atoms with van der Waals surface area (Å²) in [5, 5.41) is 0. The van der Waals surface area contributed by atoms with E-state index in [0.29, 0.717) is 0 Å². The standard InChI is InChI=1S/C4Cl3F7/c5-2(6,7)1(8,3(9,10)11)4(12,13)14. The van der Waals surface area contributed by atoms with Crippen molar-refractivity contribution in [3.8, 4) is 0 Å². The zero-order valence-electron chi connectivity index (χ0n) is 5.78. The van der Waals surface area contributed by atoms with Crippen LogP contribution in [-0.2, 0) is 0 Å². The summed E-state index contributed by atoms with van der Waals surface area (Å²) in [6.45, 7) is 0. The van der Waals surface area contributed by atoms with Crippen molar-refractivity contribution in [2.24, 2.45) is 0 Å². The van der Waals surface area contributed by atoms with Crippen LogP contribution in [0.25, 0.3) is 0 Å². The molecule has 0 aromatic heterocycles. The van der Waals surface area contributed by atoms with Gasteiger partial charge in [-0.15, -0.1) is 0 Å². The van der Waals surface area contributed by atoms with Crippen LogP contribution in [0.15, 0.2) is 0 Å². The van der Waals surface area contributed by atoms with Crippen molar-refractivity contribution in [2.45, 2.75) is 21.8 Å². The third-order valence-corrected chi connectivity index (χ3v) is 1.95. The van der Waals surface area contributed by atoms with E-state index in [1.165, 1.54) is 0 Å². The minimum absolute atomic E-state index is 4.18. The molecule has 14 heavy (non-hydrogen) atoms. The Bertz CT molecular complexity index is 174. The predicted molar refractivity (Wildman–Crippen MR) is 36.2 cm³/mol. The Balaban J connectivity index is 5.54. The lowest BCUT2D eigenvalue weighted by Gasteiger charge is -2.34. The van der Waals surface area contributed by atoms with Crippen molar-refractivity contribution in [3.05, 3.63) is 0 Å². The third kappa shape index (κ3) is 2.14. The normalized spacial score (nSPS) is 15.9. The molecular formula is C4Cl3F7. The molecule has 0 N–H and O–H groups in total. The van der Waals surface area contributed by atoms with Gasteiger partial charge in [-0.25, -0.2) is 4.39 Å². The van der Waals surface area contributed by atoms with E-state index in [1.54, 1.807) is 0 Å². The van der Waals surface area contributed by atoms with E-state index in [2.05, 4.69) is 34.8 Å². The molecule has 0 saturated carbocycles. The summed E-state index contributed by atoms with van der Waals surface area (Å²) in [4.78, 5) is 0. The second-order valence-electron chi connectivity index (χ2n) is 2.15. The maximum Gasteiger partial charge on any atom is 0.435 e. The van der Waals surface area contributed by atoms with Crippen molar-refractivity contribution in [1.82, 2.24) is 0 Å². The molecule has 86 valence electrons. The van der Waals surface area contributed by atoms with Gasteiger partial charge in [-0.05, 0) is 0 Å². The van der Waals surface area contributed by atoms with Gasteiger partial charge in [-0.2, -0.15) is 26.3 Å². The topological polar surface area (TPSA) is 0 Å². The first-order valence-corrected chi connectivity index (χ1v) is 3.77. The fourth-order valence-corrected chi connectivity index (χ4v) is 1.13. The number of hydrogen-bond acceptors (Lipinski definition) is 0. The number of rotatable bonds is 0. The predicted octanol–water partition coefficient (Wildman–Crippen LogP) is 4.19. The summed E-state index contributed by atoms with van der Waals surface area (Å²) in [6.07, 6.45) is -12.7. The molecule has 0 heterocycles. The summed E-state index contributed by atoms with van der Waals surface area (Å²) < 4.78 is 79.0. The van der Waals surface area contributed by atoms with E-state index in [1.807, 2.05) is 0 Å². The minimum Gasteiger partial charge on any atom is -0.219 e. The van der Waals surface area contributed by atoms with Gasteiger partial charge in [0.25, 0.3) is 0 Å². The molecule has 0 rings (SSSR count). The van der Waals surface area contributed by atoms with Crippen LogP contribution in [0.5, 0.6) is 0 Å². The van der Waals surface area contributed by atoms with E-state index in [4.69, 9.17) is 0 Å². The Hall–Kier alpha value is 0.380. The highest BCUT2D eigenvalue weighted by atomic mass is 35.6. The number of halogens is 10. The minimum atomic E-state index is -6.36. The van der Waals surface area contributed by atoms with Gasteiger partial charge in [0.2, 0.25) is 3.79 Å². The van der Waals surface area contributed by atoms with Gasteiger partial charge in [0.1, 0.15) is 0 Å². The molecule has 0 fully saturated rings. The van der Waals surface area contributed by atoms with E-state index in [-0.39, 0.29) is 0 Å². The van der Waals surface area contributed by atoms with Crippen molar-refractivity contribution in [1.29, 1.82) is 0 Å². The first-order valence-electron chi connectivity index (χ1n) is 2.64. The highest BCUT2D eigenvalue weighted by molar-refractivity contribution is 6.68. The Morgan fingerprint density at radius 1 is 0.571 bits per heavy atom. The monoisotopic (exact) mass is 286 g/mol. The Labute approximate surface area is 87.9 Å². The molecule has 10 heteroatoms. The van der Waals surface area contributed by atoms with Crippen molar-refractivity contribution >= 4 is 34.8 Å². The van der Waals surface area contributed by atoms with Gasteiger partial charge < -0.3 is 0 Å². The Morgan fingerprint density at radius 3 is 0.786 bits per heavy atom. The Kier molecular flexibility index (Phi) is 3.54. The van der Waals surface area contributed by atoms with Crippen LogP contribution in [0.3, 0.4) is 0 Å². The molecule has 0 unspecified atom stereocenters. The van der Waals surface area contributed by atoms with Gasteiger partial charge in [0, 0.05) is 0 Å². The lowest BCUT2D eigenvalue weighted by Crippen LogP contribution is -2.61. The fraction of sp³-hybridized carbons (Fsp3) is 1.00. The second-order valence-corrected chi connectivity index (χ2v) is 4.43. The maximum atomic E-state index is 12.7. The van der Waals surface area contributed by atoms with Gasteiger partial charge >= 0.3 is 18.0 Å². The molecular weight excluding hydrogens is 287 g/mol. The summed E-state index contributed by atoms with van der Waals surface area (Å²) in [6, 6.07) is 0. The molecule has 0 bridgehead atoms. The van der Waals surface area contributed by atoms with Crippen LogP contribution in [0, 0.1) is 0 Å². The second kappa shape index (κ2) is 3.45. The first kappa shape index (κ1) is 14.4. The largest absolute Gasteiger partial charge is 0.435 e. The van der Waals surface area contributed by atoms with Crippen LogP contribution < -0.4 is 0 Å². The van der Waals surface area contributed by atoms with Crippen LogP contribution in [0.2, 0.25) is 0 Å². The van der Waals surface area contributed by atoms with Gasteiger partial charge in [0.05, 0.1) is 0 Å². The van der Waals surface area contributed by atoms with Crippen LogP contribution >= 0.6 is 34.8 Å². The van der Waals surface area contributed by atoms with Gasteiger partial charge in [-0.3, -0.25) is 0 Å². The molecule has 0 aromatic rings. The average molecular weight is 287 g/mol. The highest BCUT2D eigenvalue weighted by Gasteiger charge is 2.81. The molecule has 0 radical (unpaired) electrons. The summed E-state index contributed by atoms with van der Waals surface area (Å²) in [5.74, 6) is 0. The first-order chi connectivity index (χ1) is 5.75. The highest BCUT2D eigenvalue weighted by Crippen LogP contribution is 2.58. The summed E-state index contributed by atoms with van der Waals surface area (Å²) in [5.41, 5.74) is -5.89. The molecule has 0 aromatic carbocycles. The van der Waals surface area contributed by atoms with E-state index >= 15 is 0 Å².